The summed E-state index contributed by atoms with van der Waals surface area (Å²) in [5.41, 5.74) is 11.0. The fraction of sp³-hybridized carbons (Fsp3) is 0.300. The Bertz CT molecular complexity index is 322. The monoisotopic (exact) mass is 210 g/mol. The number of rotatable bonds is 5. The van der Waals surface area contributed by atoms with Gasteiger partial charge in [0.25, 0.3) is 0 Å². The maximum Gasteiger partial charge on any atom is 0.221 e. The number of aliphatic hydroxyl groups excluding tert-OH is 1. The van der Waals surface area contributed by atoms with Gasteiger partial charge in [-0.05, 0) is 17.7 Å². The molecule has 0 aliphatic carbocycles. The SMILES string of the molecule is NC(=O)Cc1ccc(OCC(N)O)cc1. The molecule has 82 valence electrons. The van der Waals surface area contributed by atoms with Crippen LogP contribution in [0.25, 0.3) is 0 Å². The van der Waals surface area contributed by atoms with Crippen LogP contribution in [0.3, 0.4) is 0 Å². The second kappa shape index (κ2) is 5.33. The number of aliphatic hydroxyl groups is 1. The predicted octanol–water partition coefficient (Wildman–Crippen LogP) is -0.630. The second-order valence-corrected chi connectivity index (χ2v) is 3.17. The van der Waals surface area contributed by atoms with Gasteiger partial charge in [0.05, 0.1) is 6.42 Å². The van der Waals surface area contributed by atoms with Gasteiger partial charge in [-0.3, -0.25) is 4.79 Å². The highest BCUT2D eigenvalue weighted by Gasteiger charge is 2.00. The third-order valence-corrected chi connectivity index (χ3v) is 1.72. The summed E-state index contributed by atoms with van der Waals surface area (Å²) in [6.07, 6.45) is -0.782. The fourth-order valence-electron chi connectivity index (χ4n) is 1.09. The minimum absolute atomic E-state index is 0.0369. The Morgan fingerprint density at radius 2 is 2.00 bits per heavy atom. The number of ether oxygens (including phenoxy) is 1. The molecule has 1 amide bonds. The number of nitrogens with two attached hydrogens (primary N) is 2. The Kier molecular flexibility index (Phi) is 4.08. The van der Waals surface area contributed by atoms with Crippen LogP contribution < -0.4 is 16.2 Å². The van der Waals surface area contributed by atoms with Crippen LogP contribution in [0.2, 0.25) is 0 Å². The fourth-order valence-corrected chi connectivity index (χ4v) is 1.09. The third kappa shape index (κ3) is 4.44. The minimum atomic E-state index is -0.990. The van der Waals surface area contributed by atoms with E-state index in [-0.39, 0.29) is 18.9 Å². The highest BCUT2D eigenvalue weighted by molar-refractivity contribution is 5.76. The van der Waals surface area contributed by atoms with E-state index in [0.717, 1.165) is 5.56 Å². The minimum Gasteiger partial charge on any atom is -0.489 e. The zero-order valence-corrected chi connectivity index (χ0v) is 8.22. The number of benzene rings is 1. The standard InChI is InChI=1S/C10H14N2O3/c11-9(13)5-7-1-3-8(4-2-7)15-6-10(12)14/h1-4,10,14H,5-6,12H2,(H2,11,13). The first-order chi connectivity index (χ1) is 7.08. The van der Waals surface area contributed by atoms with E-state index in [0.29, 0.717) is 5.75 Å². The largest absolute Gasteiger partial charge is 0.489 e. The van der Waals surface area contributed by atoms with Crippen LogP contribution in [0.1, 0.15) is 5.56 Å². The lowest BCUT2D eigenvalue weighted by molar-refractivity contribution is -0.117. The van der Waals surface area contributed by atoms with Crippen molar-refractivity contribution < 1.29 is 14.6 Å². The van der Waals surface area contributed by atoms with Gasteiger partial charge in [-0.25, -0.2) is 0 Å². The molecule has 5 N–H and O–H groups in total. The van der Waals surface area contributed by atoms with E-state index in [1.807, 2.05) is 0 Å². The number of hydrogen-bond donors (Lipinski definition) is 3. The topological polar surface area (TPSA) is 98.6 Å². The molecule has 0 heterocycles. The molecule has 1 atom stereocenters. The van der Waals surface area contributed by atoms with Crippen LogP contribution in [0.4, 0.5) is 0 Å². The van der Waals surface area contributed by atoms with Gasteiger partial charge in [0.1, 0.15) is 18.6 Å². The van der Waals surface area contributed by atoms with Gasteiger partial charge >= 0.3 is 0 Å². The van der Waals surface area contributed by atoms with Crippen molar-refractivity contribution in [3.8, 4) is 5.75 Å². The molecule has 0 saturated carbocycles. The molecule has 0 aliphatic heterocycles. The zero-order chi connectivity index (χ0) is 11.3. The molecule has 0 radical (unpaired) electrons. The lowest BCUT2D eigenvalue weighted by atomic mass is 10.1. The van der Waals surface area contributed by atoms with E-state index >= 15 is 0 Å². The molecule has 1 aromatic carbocycles. The van der Waals surface area contributed by atoms with Crippen LogP contribution in [-0.4, -0.2) is 23.8 Å². The molecular formula is C10H14N2O3. The van der Waals surface area contributed by atoms with E-state index < -0.39 is 6.23 Å². The molecule has 0 bridgehead atoms. The van der Waals surface area contributed by atoms with E-state index in [1.165, 1.54) is 0 Å². The molecule has 5 nitrogen and oxygen atoms in total. The summed E-state index contributed by atoms with van der Waals surface area (Å²) in [7, 11) is 0. The van der Waals surface area contributed by atoms with Crippen molar-refractivity contribution in [2.24, 2.45) is 11.5 Å². The van der Waals surface area contributed by atoms with Crippen LogP contribution in [0.5, 0.6) is 5.75 Å². The van der Waals surface area contributed by atoms with Crippen molar-refractivity contribution in [1.82, 2.24) is 0 Å². The quantitative estimate of drug-likeness (QED) is 0.563. The van der Waals surface area contributed by atoms with Crippen molar-refractivity contribution in [2.45, 2.75) is 12.6 Å². The zero-order valence-electron chi connectivity index (χ0n) is 8.22. The van der Waals surface area contributed by atoms with Crippen LogP contribution >= 0.6 is 0 Å². The molecule has 5 heteroatoms. The van der Waals surface area contributed by atoms with E-state index in [1.54, 1.807) is 24.3 Å². The summed E-state index contributed by atoms with van der Waals surface area (Å²) in [6, 6.07) is 6.87. The van der Waals surface area contributed by atoms with Crippen molar-refractivity contribution in [3.05, 3.63) is 29.8 Å². The smallest absolute Gasteiger partial charge is 0.221 e. The summed E-state index contributed by atoms with van der Waals surface area (Å²) in [4.78, 5) is 10.6. The molecule has 1 aromatic rings. The van der Waals surface area contributed by atoms with Crippen molar-refractivity contribution in [1.29, 1.82) is 0 Å². The maximum absolute atomic E-state index is 10.6. The van der Waals surface area contributed by atoms with Crippen molar-refractivity contribution in [3.63, 3.8) is 0 Å². The molecule has 0 aromatic heterocycles. The van der Waals surface area contributed by atoms with Crippen molar-refractivity contribution in [2.75, 3.05) is 6.61 Å². The Morgan fingerprint density at radius 1 is 1.40 bits per heavy atom. The highest BCUT2D eigenvalue weighted by atomic mass is 16.5. The highest BCUT2D eigenvalue weighted by Crippen LogP contribution is 2.12. The van der Waals surface area contributed by atoms with Crippen LogP contribution in [0, 0.1) is 0 Å². The third-order valence-electron chi connectivity index (χ3n) is 1.72. The van der Waals surface area contributed by atoms with Gasteiger partial charge in [0.15, 0.2) is 0 Å². The van der Waals surface area contributed by atoms with Crippen LogP contribution in [-0.2, 0) is 11.2 Å². The van der Waals surface area contributed by atoms with Gasteiger partial charge < -0.3 is 21.3 Å². The average Bonchev–Trinajstić information content (AvgIpc) is 2.16. The van der Waals surface area contributed by atoms with E-state index in [9.17, 15) is 4.79 Å². The summed E-state index contributed by atoms with van der Waals surface area (Å²) in [5.74, 6) is 0.216. The van der Waals surface area contributed by atoms with Crippen molar-refractivity contribution >= 4 is 5.91 Å². The molecular weight excluding hydrogens is 196 g/mol. The lowest BCUT2D eigenvalue weighted by Gasteiger charge is -2.08. The first-order valence-corrected chi connectivity index (χ1v) is 4.51. The molecule has 0 aliphatic rings. The summed E-state index contributed by atoms with van der Waals surface area (Å²) in [6.45, 7) is 0.0369. The summed E-state index contributed by atoms with van der Waals surface area (Å²) in [5, 5.41) is 8.78. The number of primary amides is 1. The molecule has 0 saturated heterocycles. The van der Waals surface area contributed by atoms with Gasteiger partial charge in [-0.15, -0.1) is 0 Å². The van der Waals surface area contributed by atoms with Gasteiger partial charge in [-0.1, -0.05) is 12.1 Å². The first kappa shape index (κ1) is 11.5. The molecule has 0 spiro atoms. The van der Waals surface area contributed by atoms with Gasteiger partial charge in [-0.2, -0.15) is 0 Å². The van der Waals surface area contributed by atoms with E-state index in [4.69, 9.17) is 21.3 Å². The van der Waals surface area contributed by atoms with E-state index in [2.05, 4.69) is 0 Å². The Balaban J connectivity index is 2.52. The lowest BCUT2D eigenvalue weighted by Crippen LogP contribution is -2.26. The number of carbonyl (C=O) groups is 1. The first-order valence-electron chi connectivity index (χ1n) is 4.51. The molecule has 1 rings (SSSR count). The van der Waals surface area contributed by atoms with Gasteiger partial charge in [0, 0.05) is 0 Å². The number of amides is 1. The van der Waals surface area contributed by atoms with Crippen LogP contribution in [0.15, 0.2) is 24.3 Å². The Hall–Kier alpha value is -1.59. The number of carbonyl (C=O) groups excluding carboxylic acids is 1. The average molecular weight is 210 g/mol. The summed E-state index contributed by atoms with van der Waals surface area (Å²) < 4.78 is 5.14. The molecule has 0 fully saturated rings. The van der Waals surface area contributed by atoms with Gasteiger partial charge in [0.2, 0.25) is 5.91 Å². The number of hydrogen-bond acceptors (Lipinski definition) is 4. The normalized spacial score (nSPS) is 12.1. The summed E-state index contributed by atoms with van der Waals surface area (Å²) >= 11 is 0. The molecule has 15 heavy (non-hydrogen) atoms. The maximum atomic E-state index is 10.6. The Morgan fingerprint density at radius 3 is 2.47 bits per heavy atom. The molecule has 1 unspecified atom stereocenters. The predicted molar refractivity (Wildman–Crippen MR) is 55.0 cm³/mol. The second-order valence-electron chi connectivity index (χ2n) is 3.17. The Labute approximate surface area is 87.6 Å².